The van der Waals surface area contributed by atoms with Crippen molar-refractivity contribution < 1.29 is 28.3 Å². The van der Waals surface area contributed by atoms with Gasteiger partial charge in [0.15, 0.2) is 5.78 Å². The Hall–Kier alpha value is -4.30. The molecular formula is C26H22N2O6. The van der Waals surface area contributed by atoms with Crippen LogP contribution in [0, 0.1) is 0 Å². The Balaban J connectivity index is 1.69. The highest BCUT2D eigenvalue weighted by molar-refractivity contribution is 6.39. The third kappa shape index (κ3) is 4.44. The van der Waals surface area contributed by atoms with E-state index in [0.29, 0.717) is 17.0 Å². The number of barbiturate groups is 1. The van der Waals surface area contributed by atoms with Crippen molar-refractivity contribution in [3.05, 3.63) is 83.6 Å². The van der Waals surface area contributed by atoms with Crippen molar-refractivity contribution in [2.45, 2.75) is 6.92 Å². The number of Topliss-reactive ketones (excluding diaryl/α,β-unsaturated/α-hetero) is 1. The Morgan fingerprint density at radius 1 is 0.941 bits per heavy atom. The number of ketones is 1. The zero-order valence-electron chi connectivity index (χ0n) is 18.7. The van der Waals surface area contributed by atoms with Gasteiger partial charge in [0, 0.05) is 18.2 Å². The van der Waals surface area contributed by atoms with Crippen LogP contribution < -0.4 is 4.90 Å². The normalized spacial score (nSPS) is 15.4. The number of nitrogens with zero attached hydrogens (tertiary/aromatic N) is 2. The maximum absolute atomic E-state index is 13.2. The van der Waals surface area contributed by atoms with E-state index in [-0.39, 0.29) is 30.3 Å². The highest BCUT2D eigenvalue weighted by atomic mass is 16.5. The molecule has 0 spiro atoms. The SMILES string of the molecule is COCCN1C(=O)/C(=C/c2ccc(-c3ccc(C(C)=O)cc3)o2)C(=O)N(c2ccccc2)C1=O. The fraction of sp³-hybridized carbons (Fsp3) is 0.154. The molecule has 1 aliphatic rings. The van der Waals surface area contributed by atoms with Crippen molar-refractivity contribution in [2.24, 2.45) is 0 Å². The maximum atomic E-state index is 13.2. The number of rotatable bonds is 7. The van der Waals surface area contributed by atoms with Crippen molar-refractivity contribution in [3.63, 3.8) is 0 Å². The number of imide groups is 2. The second-order valence-electron chi connectivity index (χ2n) is 7.60. The van der Waals surface area contributed by atoms with E-state index in [4.69, 9.17) is 9.15 Å². The minimum atomic E-state index is -0.737. The summed E-state index contributed by atoms with van der Waals surface area (Å²) < 4.78 is 10.9. The summed E-state index contributed by atoms with van der Waals surface area (Å²) in [5, 5.41) is 0. The van der Waals surface area contributed by atoms with Crippen LogP contribution in [0.3, 0.4) is 0 Å². The van der Waals surface area contributed by atoms with Gasteiger partial charge in [0.25, 0.3) is 11.8 Å². The first kappa shape index (κ1) is 22.9. The van der Waals surface area contributed by atoms with Crippen LogP contribution in [0.4, 0.5) is 10.5 Å². The van der Waals surface area contributed by atoms with Gasteiger partial charge < -0.3 is 9.15 Å². The largest absolute Gasteiger partial charge is 0.457 e. The molecule has 0 atom stereocenters. The lowest BCUT2D eigenvalue weighted by molar-refractivity contribution is -0.129. The summed E-state index contributed by atoms with van der Waals surface area (Å²) in [6.45, 7) is 1.61. The molecule has 8 nitrogen and oxygen atoms in total. The van der Waals surface area contributed by atoms with Crippen LogP contribution in [-0.4, -0.2) is 48.8 Å². The predicted octanol–water partition coefficient (Wildman–Crippen LogP) is 4.17. The van der Waals surface area contributed by atoms with E-state index in [0.717, 1.165) is 15.4 Å². The molecule has 1 saturated heterocycles. The molecule has 8 heteroatoms. The van der Waals surface area contributed by atoms with E-state index in [9.17, 15) is 19.2 Å². The summed E-state index contributed by atoms with van der Waals surface area (Å²) in [5.74, 6) is -0.718. The van der Waals surface area contributed by atoms with E-state index in [1.165, 1.54) is 20.1 Å². The second-order valence-corrected chi connectivity index (χ2v) is 7.60. The van der Waals surface area contributed by atoms with Gasteiger partial charge in [-0.05, 0) is 37.3 Å². The average Bonchev–Trinajstić information content (AvgIpc) is 3.31. The molecule has 3 aromatic rings. The fourth-order valence-corrected chi connectivity index (χ4v) is 3.56. The average molecular weight is 458 g/mol. The Morgan fingerprint density at radius 3 is 2.29 bits per heavy atom. The Bertz CT molecular complexity index is 1270. The molecule has 172 valence electrons. The van der Waals surface area contributed by atoms with Crippen molar-refractivity contribution in [1.82, 2.24) is 4.90 Å². The molecular weight excluding hydrogens is 436 g/mol. The molecule has 34 heavy (non-hydrogen) atoms. The van der Waals surface area contributed by atoms with Crippen molar-refractivity contribution in [2.75, 3.05) is 25.2 Å². The number of furan rings is 1. The quantitative estimate of drug-likeness (QED) is 0.299. The van der Waals surface area contributed by atoms with Crippen LogP contribution in [0.2, 0.25) is 0 Å². The summed E-state index contributed by atoms with van der Waals surface area (Å²) in [6.07, 6.45) is 1.33. The number of urea groups is 1. The van der Waals surface area contributed by atoms with Crippen LogP contribution >= 0.6 is 0 Å². The van der Waals surface area contributed by atoms with Gasteiger partial charge in [-0.3, -0.25) is 19.3 Å². The lowest BCUT2D eigenvalue weighted by atomic mass is 10.1. The maximum Gasteiger partial charge on any atom is 0.338 e. The lowest BCUT2D eigenvalue weighted by Crippen LogP contribution is -2.57. The lowest BCUT2D eigenvalue weighted by Gasteiger charge is -2.33. The molecule has 1 aromatic heterocycles. The van der Waals surface area contributed by atoms with Gasteiger partial charge in [-0.1, -0.05) is 42.5 Å². The molecule has 0 radical (unpaired) electrons. The van der Waals surface area contributed by atoms with E-state index >= 15 is 0 Å². The minimum absolute atomic E-state index is 0.00593. The molecule has 0 aliphatic carbocycles. The number of anilines is 1. The van der Waals surface area contributed by atoms with Gasteiger partial charge in [0.1, 0.15) is 17.1 Å². The molecule has 4 rings (SSSR count). The number of methoxy groups -OCH3 is 1. The van der Waals surface area contributed by atoms with Gasteiger partial charge in [0.05, 0.1) is 18.8 Å². The first-order valence-electron chi connectivity index (χ1n) is 10.6. The molecule has 2 aromatic carbocycles. The Morgan fingerprint density at radius 2 is 1.65 bits per heavy atom. The number of ether oxygens (including phenoxy) is 1. The molecule has 0 N–H and O–H groups in total. The van der Waals surface area contributed by atoms with Gasteiger partial charge >= 0.3 is 6.03 Å². The number of para-hydroxylation sites is 1. The van der Waals surface area contributed by atoms with Crippen molar-refractivity contribution in [1.29, 1.82) is 0 Å². The van der Waals surface area contributed by atoms with Gasteiger partial charge in [-0.25, -0.2) is 9.69 Å². The van der Waals surface area contributed by atoms with Crippen LogP contribution in [0.5, 0.6) is 0 Å². The number of hydrogen-bond donors (Lipinski definition) is 0. The van der Waals surface area contributed by atoms with Gasteiger partial charge in [0.2, 0.25) is 0 Å². The minimum Gasteiger partial charge on any atom is -0.457 e. The number of benzene rings is 2. The predicted molar refractivity (Wildman–Crippen MR) is 125 cm³/mol. The molecule has 1 fully saturated rings. The number of hydrogen-bond acceptors (Lipinski definition) is 6. The molecule has 4 amide bonds. The smallest absolute Gasteiger partial charge is 0.338 e. The number of carbonyl (C=O) groups excluding carboxylic acids is 4. The standard InChI is InChI=1S/C26H22N2O6/c1-17(29)18-8-10-19(11-9-18)23-13-12-21(34-23)16-22-24(30)27(14-15-33-2)26(32)28(25(22)31)20-6-4-3-5-7-20/h3-13,16H,14-15H2,1-2H3/b22-16-. The third-order valence-corrected chi connectivity index (χ3v) is 5.35. The monoisotopic (exact) mass is 458 g/mol. The van der Waals surface area contributed by atoms with E-state index < -0.39 is 17.8 Å². The summed E-state index contributed by atoms with van der Waals surface area (Å²) in [6, 6.07) is 17.9. The summed E-state index contributed by atoms with van der Waals surface area (Å²) in [5.41, 5.74) is 1.47. The fourth-order valence-electron chi connectivity index (χ4n) is 3.56. The van der Waals surface area contributed by atoms with E-state index in [1.807, 2.05) is 0 Å². The molecule has 0 saturated carbocycles. The summed E-state index contributed by atoms with van der Waals surface area (Å²) >= 11 is 0. The van der Waals surface area contributed by atoms with Gasteiger partial charge in [-0.2, -0.15) is 0 Å². The Kier molecular flexibility index (Phi) is 6.51. The highest BCUT2D eigenvalue weighted by Gasteiger charge is 2.42. The van der Waals surface area contributed by atoms with Crippen molar-refractivity contribution in [3.8, 4) is 11.3 Å². The zero-order chi connectivity index (χ0) is 24.2. The summed E-state index contributed by atoms with van der Waals surface area (Å²) in [4.78, 5) is 52.7. The Labute approximate surface area is 196 Å². The summed E-state index contributed by atoms with van der Waals surface area (Å²) in [7, 11) is 1.46. The van der Waals surface area contributed by atoms with Gasteiger partial charge in [-0.15, -0.1) is 0 Å². The topological polar surface area (TPSA) is 97.1 Å². The van der Waals surface area contributed by atoms with Crippen LogP contribution in [0.1, 0.15) is 23.0 Å². The first-order valence-corrected chi connectivity index (χ1v) is 10.6. The second kappa shape index (κ2) is 9.68. The van der Waals surface area contributed by atoms with Crippen LogP contribution in [0.15, 0.2) is 76.7 Å². The highest BCUT2D eigenvalue weighted by Crippen LogP contribution is 2.28. The van der Waals surface area contributed by atoms with E-state index in [1.54, 1.807) is 66.7 Å². The third-order valence-electron chi connectivity index (χ3n) is 5.35. The van der Waals surface area contributed by atoms with E-state index in [2.05, 4.69) is 0 Å². The van der Waals surface area contributed by atoms with Crippen LogP contribution in [-0.2, 0) is 14.3 Å². The number of carbonyl (C=O) groups is 4. The van der Waals surface area contributed by atoms with Crippen molar-refractivity contribution >= 4 is 35.4 Å². The number of amides is 4. The zero-order valence-corrected chi connectivity index (χ0v) is 18.7. The molecule has 2 heterocycles. The first-order chi connectivity index (χ1) is 16.4. The molecule has 1 aliphatic heterocycles. The molecule has 0 bridgehead atoms. The molecule has 0 unspecified atom stereocenters. The van der Waals surface area contributed by atoms with Crippen LogP contribution in [0.25, 0.3) is 17.4 Å².